The molecule has 0 aromatic heterocycles. The highest BCUT2D eigenvalue weighted by Gasteiger charge is 2.01. The number of nitrogens with one attached hydrogen (secondary N) is 1. The van der Waals surface area contributed by atoms with Gasteiger partial charge in [0.2, 0.25) is 0 Å². The van der Waals surface area contributed by atoms with Gasteiger partial charge in [0.1, 0.15) is 0 Å². The summed E-state index contributed by atoms with van der Waals surface area (Å²) in [5.74, 6) is 0. The normalized spacial score (nSPS) is 10.2. The fourth-order valence-corrected chi connectivity index (χ4v) is 1.86. The van der Waals surface area contributed by atoms with E-state index in [2.05, 4.69) is 5.32 Å². The number of halogens is 1. The third-order valence-corrected chi connectivity index (χ3v) is 3.06. The summed E-state index contributed by atoms with van der Waals surface area (Å²) in [5.41, 5.74) is 9.82. The predicted molar refractivity (Wildman–Crippen MR) is 74.4 cm³/mol. The number of nitrogen functional groups attached to an aromatic ring is 1. The quantitative estimate of drug-likeness (QED) is 0.808. The van der Waals surface area contributed by atoms with E-state index in [9.17, 15) is 0 Å². The van der Waals surface area contributed by atoms with Gasteiger partial charge in [-0.1, -0.05) is 35.9 Å². The Labute approximate surface area is 106 Å². The van der Waals surface area contributed by atoms with Crippen LogP contribution in [0.25, 0.3) is 0 Å². The summed E-state index contributed by atoms with van der Waals surface area (Å²) in [6.45, 7) is 2.75. The predicted octanol–water partition coefficient (Wildman–Crippen LogP) is 3.84. The lowest BCUT2D eigenvalue weighted by Gasteiger charge is -2.11. The van der Waals surface area contributed by atoms with Crippen LogP contribution in [0.15, 0.2) is 42.5 Å². The van der Waals surface area contributed by atoms with E-state index < -0.39 is 0 Å². The molecule has 88 valence electrons. The average molecular weight is 247 g/mol. The van der Waals surface area contributed by atoms with E-state index in [1.165, 1.54) is 5.56 Å². The first-order valence-corrected chi connectivity index (χ1v) is 5.88. The van der Waals surface area contributed by atoms with Crippen LogP contribution in [0.5, 0.6) is 0 Å². The van der Waals surface area contributed by atoms with Crippen LogP contribution in [0.2, 0.25) is 5.02 Å². The van der Waals surface area contributed by atoms with Gasteiger partial charge in [-0.25, -0.2) is 0 Å². The molecule has 0 amide bonds. The molecule has 0 unspecified atom stereocenters. The average Bonchev–Trinajstić information content (AvgIpc) is 2.32. The Morgan fingerprint density at radius 2 is 1.94 bits per heavy atom. The van der Waals surface area contributed by atoms with E-state index in [-0.39, 0.29) is 0 Å². The molecule has 0 aliphatic heterocycles. The Bertz CT molecular complexity index is 523. The van der Waals surface area contributed by atoms with Crippen molar-refractivity contribution in [1.29, 1.82) is 0 Å². The standard InChI is InChI=1S/C14H15ClN2/c1-10-6-7-12(16)8-14(10)17-9-11-4-2-3-5-13(11)15/h2-8,17H,9,16H2,1H3. The fraction of sp³-hybridized carbons (Fsp3) is 0.143. The highest BCUT2D eigenvalue weighted by atomic mass is 35.5. The van der Waals surface area contributed by atoms with Gasteiger partial charge in [0.25, 0.3) is 0 Å². The molecule has 0 heterocycles. The molecule has 0 radical (unpaired) electrons. The van der Waals surface area contributed by atoms with Crippen molar-refractivity contribution in [2.45, 2.75) is 13.5 Å². The van der Waals surface area contributed by atoms with Crippen molar-refractivity contribution < 1.29 is 0 Å². The maximum atomic E-state index is 6.10. The summed E-state index contributed by atoms with van der Waals surface area (Å²) in [6, 6.07) is 13.7. The molecule has 0 bridgehead atoms. The van der Waals surface area contributed by atoms with Crippen molar-refractivity contribution in [2.24, 2.45) is 0 Å². The van der Waals surface area contributed by atoms with Crippen molar-refractivity contribution >= 4 is 23.0 Å². The van der Waals surface area contributed by atoms with Gasteiger partial charge in [0.15, 0.2) is 0 Å². The number of benzene rings is 2. The third kappa shape index (κ3) is 2.92. The Morgan fingerprint density at radius 3 is 2.71 bits per heavy atom. The van der Waals surface area contributed by atoms with Crippen LogP contribution >= 0.6 is 11.6 Å². The molecule has 17 heavy (non-hydrogen) atoms. The van der Waals surface area contributed by atoms with Crippen molar-refractivity contribution in [3.05, 3.63) is 58.6 Å². The minimum absolute atomic E-state index is 0.698. The third-order valence-electron chi connectivity index (χ3n) is 2.69. The summed E-state index contributed by atoms with van der Waals surface area (Å²) in [7, 11) is 0. The molecule has 0 saturated heterocycles. The van der Waals surface area contributed by atoms with Gasteiger partial charge < -0.3 is 11.1 Å². The maximum Gasteiger partial charge on any atom is 0.0455 e. The van der Waals surface area contributed by atoms with E-state index in [0.29, 0.717) is 6.54 Å². The number of hydrogen-bond acceptors (Lipinski definition) is 2. The van der Waals surface area contributed by atoms with Crippen LogP contribution in [-0.4, -0.2) is 0 Å². The zero-order valence-corrected chi connectivity index (χ0v) is 10.5. The zero-order chi connectivity index (χ0) is 12.3. The molecule has 0 saturated carbocycles. The Balaban J connectivity index is 2.12. The summed E-state index contributed by atoms with van der Waals surface area (Å²) >= 11 is 6.10. The molecule has 2 nitrogen and oxygen atoms in total. The van der Waals surface area contributed by atoms with Crippen LogP contribution in [0, 0.1) is 6.92 Å². The molecular weight excluding hydrogens is 232 g/mol. The monoisotopic (exact) mass is 246 g/mol. The van der Waals surface area contributed by atoms with Gasteiger partial charge in [-0.2, -0.15) is 0 Å². The van der Waals surface area contributed by atoms with Gasteiger partial charge in [0.05, 0.1) is 0 Å². The molecule has 0 atom stereocenters. The number of hydrogen-bond donors (Lipinski definition) is 2. The number of anilines is 2. The minimum atomic E-state index is 0.698. The van der Waals surface area contributed by atoms with Crippen molar-refractivity contribution in [3.8, 4) is 0 Å². The van der Waals surface area contributed by atoms with E-state index in [0.717, 1.165) is 22.0 Å². The number of nitrogens with two attached hydrogens (primary N) is 1. The van der Waals surface area contributed by atoms with E-state index in [1.54, 1.807) is 0 Å². The molecule has 2 aromatic rings. The molecule has 0 aliphatic carbocycles. The molecular formula is C14H15ClN2. The van der Waals surface area contributed by atoms with Crippen molar-refractivity contribution in [2.75, 3.05) is 11.1 Å². The van der Waals surface area contributed by atoms with E-state index in [1.807, 2.05) is 49.4 Å². The number of aryl methyl sites for hydroxylation is 1. The van der Waals surface area contributed by atoms with Gasteiger partial charge >= 0.3 is 0 Å². The fourth-order valence-electron chi connectivity index (χ4n) is 1.66. The second-order valence-electron chi connectivity index (χ2n) is 4.02. The molecule has 2 aromatic carbocycles. The molecule has 0 fully saturated rings. The lowest BCUT2D eigenvalue weighted by Crippen LogP contribution is -2.02. The molecule has 3 heteroatoms. The largest absolute Gasteiger partial charge is 0.399 e. The zero-order valence-electron chi connectivity index (χ0n) is 9.70. The lowest BCUT2D eigenvalue weighted by atomic mass is 10.1. The topological polar surface area (TPSA) is 38.0 Å². The first-order chi connectivity index (χ1) is 8.16. The lowest BCUT2D eigenvalue weighted by molar-refractivity contribution is 1.14. The van der Waals surface area contributed by atoms with Gasteiger partial charge in [-0.05, 0) is 36.2 Å². The van der Waals surface area contributed by atoms with Crippen molar-refractivity contribution in [3.63, 3.8) is 0 Å². The Hall–Kier alpha value is -1.67. The second kappa shape index (κ2) is 5.11. The Morgan fingerprint density at radius 1 is 1.18 bits per heavy atom. The second-order valence-corrected chi connectivity index (χ2v) is 4.43. The molecule has 0 spiro atoms. The van der Waals surface area contributed by atoms with E-state index in [4.69, 9.17) is 17.3 Å². The van der Waals surface area contributed by atoms with Crippen molar-refractivity contribution in [1.82, 2.24) is 0 Å². The molecule has 2 rings (SSSR count). The van der Waals surface area contributed by atoms with Crippen LogP contribution in [0.3, 0.4) is 0 Å². The summed E-state index contributed by atoms with van der Waals surface area (Å²) in [4.78, 5) is 0. The summed E-state index contributed by atoms with van der Waals surface area (Å²) in [6.07, 6.45) is 0. The van der Waals surface area contributed by atoms with Crippen LogP contribution < -0.4 is 11.1 Å². The van der Waals surface area contributed by atoms with E-state index >= 15 is 0 Å². The smallest absolute Gasteiger partial charge is 0.0455 e. The maximum absolute atomic E-state index is 6.10. The Kier molecular flexibility index (Phi) is 3.55. The first-order valence-electron chi connectivity index (χ1n) is 5.50. The van der Waals surface area contributed by atoms with Gasteiger partial charge in [-0.3, -0.25) is 0 Å². The molecule has 3 N–H and O–H groups in total. The first kappa shape index (κ1) is 11.8. The number of rotatable bonds is 3. The summed E-state index contributed by atoms with van der Waals surface area (Å²) in [5, 5.41) is 4.13. The van der Waals surface area contributed by atoms with Gasteiger partial charge in [0, 0.05) is 22.9 Å². The van der Waals surface area contributed by atoms with Crippen LogP contribution in [-0.2, 0) is 6.54 Å². The van der Waals surface area contributed by atoms with Crippen LogP contribution in [0.1, 0.15) is 11.1 Å². The van der Waals surface area contributed by atoms with Gasteiger partial charge in [-0.15, -0.1) is 0 Å². The molecule has 0 aliphatic rings. The minimum Gasteiger partial charge on any atom is -0.399 e. The highest BCUT2D eigenvalue weighted by molar-refractivity contribution is 6.31. The summed E-state index contributed by atoms with van der Waals surface area (Å²) < 4.78 is 0. The van der Waals surface area contributed by atoms with Crippen LogP contribution in [0.4, 0.5) is 11.4 Å². The SMILES string of the molecule is Cc1ccc(N)cc1NCc1ccccc1Cl. The highest BCUT2D eigenvalue weighted by Crippen LogP contribution is 2.21.